The molecule has 0 fully saturated rings. The summed E-state index contributed by atoms with van der Waals surface area (Å²) in [7, 11) is 2.15. The molecule has 0 aliphatic heterocycles. The lowest BCUT2D eigenvalue weighted by molar-refractivity contribution is 0.501. The molecule has 0 saturated carbocycles. The van der Waals surface area contributed by atoms with Crippen molar-refractivity contribution in [2.24, 2.45) is 5.92 Å². The zero-order valence-corrected chi connectivity index (χ0v) is 14.0. The van der Waals surface area contributed by atoms with Crippen molar-refractivity contribution in [1.82, 2.24) is 10.3 Å². The first-order chi connectivity index (χ1) is 9.51. The van der Waals surface area contributed by atoms with E-state index in [2.05, 4.69) is 69.0 Å². The molecule has 2 unspecified atom stereocenters. The number of rotatable bonds is 8. The third kappa shape index (κ3) is 4.48. The van der Waals surface area contributed by atoms with Crippen molar-refractivity contribution < 1.29 is 0 Å². The molecule has 0 spiro atoms. The van der Waals surface area contributed by atoms with E-state index in [4.69, 9.17) is 0 Å². The van der Waals surface area contributed by atoms with Crippen molar-refractivity contribution in [3.63, 3.8) is 0 Å². The fourth-order valence-electron chi connectivity index (χ4n) is 2.27. The predicted molar refractivity (Wildman–Crippen MR) is 88.3 cm³/mol. The molecule has 1 aromatic heterocycles. The Morgan fingerprint density at radius 3 is 2.35 bits per heavy atom. The highest BCUT2D eigenvalue weighted by Crippen LogP contribution is 2.21. The Morgan fingerprint density at radius 2 is 1.90 bits per heavy atom. The quantitative estimate of drug-likeness (QED) is 0.778. The van der Waals surface area contributed by atoms with E-state index in [0.29, 0.717) is 18.0 Å². The molecule has 0 aromatic carbocycles. The highest BCUT2D eigenvalue weighted by atomic mass is 15.1. The van der Waals surface area contributed by atoms with Crippen molar-refractivity contribution in [3.8, 4) is 0 Å². The number of pyridine rings is 1. The molecule has 1 aromatic rings. The SMILES string of the molecule is CCCNC(CC)c1ccc(N(C)C(C)C(C)C)cn1. The van der Waals surface area contributed by atoms with Crippen molar-refractivity contribution in [2.75, 3.05) is 18.5 Å². The van der Waals surface area contributed by atoms with E-state index in [1.54, 1.807) is 0 Å². The molecule has 3 heteroatoms. The summed E-state index contributed by atoms with van der Waals surface area (Å²) < 4.78 is 0. The zero-order chi connectivity index (χ0) is 15.1. The van der Waals surface area contributed by atoms with Gasteiger partial charge in [-0.2, -0.15) is 0 Å². The normalized spacial score (nSPS) is 14.3. The van der Waals surface area contributed by atoms with Gasteiger partial charge >= 0.3 is 0 Å². The molecular weight excluding hydrogens is 246 g/mol. The number of hydrogen-bond acceptors (Lipinski definition) is 3. The first-order valence-electron chi connectivity index (χ1n) is 7.93. The minimum atomic E-state index is 0.372. The topological polar surface area (TPSA) is 28.2 Å². The van der Waals surface area contributed by atoms with Crippen molar-refractivity contribution in [1.29, 1.82) is 0 Å². The molecule has 0 amide bonds. The predicted octanol–water partition coefficient (Wildman–Crippen LogP) is 4.01. The molecule has 20 heavy (non-hydrogen) atoms. The summed E-state index contributed by atoms with van der Waals surface area (Å²) in [6.07, 6.45) is 4.23. The second kappa shape index (κ2) is 8.25. The Bertz CT molecular complexity index is 372. The Morgan fingerprint density at radius 1 is 1.20 bits per heavy atom. The largest absolute Gasteiger partial charge is 0.370 e. The van der Waals surface area contributed by atoms with Gasteiger partial charge < -0.3 is 10.2 Å². The van der Waals surface area contributed by atoms with Gasteiger partial charge in [0, 0.05) is 19.1 Å². The van der Waals surface area contributed by atoms with Crippen LogP contribution in [0, 0.1) is 5.92 Å². The van der Waals surface area contributed by atoms with Crippen LogP contribution < -0.4 is 10.2 Å². The van der Waals surface area contributed by atoms with Gasteiger partial charge in [0.25, 0.3) is 0 Å². The van der Waals surface area contributed by atoms with Crippen LogP contribution in [0.1, 0.15) is 59.2 Å². The average molecular weight is 277 g/mol. The maximum atomic E-state index is 4.66. The van der Waals surface area contributed by atoms with Gasteiger partial charge in [-0.05, 0) is 44.4 Å². The van der Waals surface area contributed by atoms with E-state index in [9.17, 15) is 0 Å². The van der Waals surface area contributed by atoms with Crippen LogP contribution in [-0.2, 0) is 0 Å². The van der Waals surface area contributed by atoms with Gasteiger partial charge in [-0.25, -0.2) is 0 Å². The Hall–Kier alpha value is -1.09. The highest BCUT2D eigenvalue weighted by molar-refractivity contribution is 5.45. The smallest absolute Gasteiger partial charge is 0.0574 e. The maximum absolute atomic E-state index is 4.66. The lowest BCUT2D eigenvalue weighted by Gasteiger charge is -2.30. The third-order valence-corrected chi connectivity index (χ3v) is 4.16. The first-order valence-corrected chi connectivity index (χ1v) is 7.93. The molecule has 2 atom stereocenters. The van der Waals surface area contributed by atoms with E-state index in [-0.39, 0.29) is 0 Å². The fourth-order valence-corrected chi connectivity index (χ4v) is 2.27. The van der Waals surface area contributed by atoms with Gasteiger partial charge in [0.1, 0.15) is 0 Å². The number of anilines is 1. The monoisotopic (exact) mass is 277 g/mol. The zero-order valence-electron chi connectivity index (χ0n) is 14.0. The van der Waals surface area contributed by atoms with E-state index in [1.165, 1.54) is 5.69 Å². The van der Waals surface area contributed by atoms with Gasteiger partial charge in [0.2, 0.25) is 0 Å². The second-order valence-electron chi connectivity index (χ2n) is 5.95. The minimum Gasteiger partial charge on any atom is -0.370 e. The second-order valence-corrected chi connectivity index (χ2v) is 5.95. The van der Waals surface area contributed by atoms with Gasteiger partial charge in [-0.3, -0.25) is 4.98 Å². The van der Waals surface area contributed by atoms with Crippen LogP contribution in [-0.4, -0.2) is 24.6 Å². The molecule has 0 saturated heterocycles. The molecule has 0 radical (unpaired) electrons. The van der Waals surface area contributed by atoms with Gasteiger partial charge in [0.15, 0.2) is 0 Å². The minimum absolute atomic E-state index is 0.372. The number of nitrogens with one attached hydrogen (secondary N) is 1. The first kappa shape index (κ1) is 17.0. The standard InChI is InChI=1S/C17H31N3/c1-7-11-18-16(8-2)17-10-9-15(12-19-17)20(6)14(5)13(3)4/h9-10,12-14,16,18H,7-8,11H2,1-6H3. The lowest BCUT2D eigenvalue weighted by Crippen LogP contribution is -2.33. The fraction of sp³-hybridized carbons (Fsp3) is 0.706. The van der Waals surface area contributed by atoms with E-state index >= 15 is 0 Å². The Labute approximate surface area is 124 Å². The lowest BCUT2D eigenvalue weighted by atomic mass is 10.0. The molecule has 0 aliphatic carbocycles. The molecular formula is C17H31N3. The van der Waals surface area contributed by atoms with E-state index in [1.807, 2.05) is 6.20 Å². The van der Waals surface area contributed by atoms with Gasteiger partial charge in [0.05, 0.1) is 17.6 Å². The molecule has 1 rings (SSSR count). The Kier molecular flexibility index (Phi) is 7.00. The van der Waals surface area contributed by atoms with Gasteiger partial charge in [-0.1, -0.05) is 27.7 Å². The van der Waals surface area contributed by atoms with Gasteiger partial charge in [-0.15, -0.1) is 0 Å². The maximum Gasteiger partial charge on any atom is 0.0574 e. The van der Waals surface area contributed by atoms with Crippen molar-refractivity contribution in [3.05, 3.63) is 24.0 Å². The van der Waals surface area contributed by atoms with Crippen molar-refractivity contribution in [2.45, 2.75) is 59.5 Å². The van der Waals surface area contributed by atoms with Crippen molar-refractivity contribution >= 4 is 5.69 Å². The van der Waals surface area contributed by atoms with Crippen LogP contribution in [0.25, 0.3) is 0 Å². The Balaban J connectivity index is 2.76. The summed E-state index contributed by atoms with van der Waals surface area (Å²) in [5.41, 5.74) is 2.34. The van der Waals surface area contributed by atoms with E-state index < -0.39 is 0 Å². The highest BCUT2D eigenvalue weighted by Gasteiger charge is 2.15. The third-order valence-electron chi connectivity index (χ3n) is 4.16. The molecule has 0 aliphatic rings. The average Bonchev–Trinajstić information content (AvgIpc) is 2.47. The summed E-state index contributed by atoms with van der Waals surface area (Å²) in [4.78, 5) is 6.97. The molecule has 1 heterocycles. The molecule has 3 nitrogen and oxygen atoms in total. The van der Waals surface area contributed by atoms with Crippen LogP contribution >= 0.6 is 0 Å². The summed E-state index contributed by atoms with van der Waals surface area (Å²) in [5.74, 6) is 0.634. The van der Waals surface area contributed by atoms with Crippen LogP contribution in [0.5, 0.6) is 0 Å². The summed E-state index contributed by atoms with van der Waals surface area (Å²) in [5, 5.41) is 3.55. The number of hydrogen-bond donors (Lipinski definition) is 1. The summed E-state index contributed by atoms with van der Waals surface area (Å²) >= 11 is 0. The summed E-state index contributed by atoms with van der Waals surface area (Å²) in [6.45, 7) is 12.2. The van der Waals surface area contributed by atoms with Crippen LogP contribution in [0.15, 0.2) is 18.3 Å². The number of nitrogens with zero attached hydrogens (tertiary/aromatic N) is 2. The van der Waals surface area contributed by atoms with Crippen LogP contribution in [0.2, 0.25) is 0 Å². The molecule has 1 N–H and O–H groups in total. The molecule has 114 valence electrons. The van der Waals surface area contributed by atoms with Crippen LogP contribution in [0.3, 0.4) is 0 Å². The van der Waals surface area contributed by atoms with Crippen LogP contribution in [0.4, 0.5) is 5.69 Å². The summed E-state index contributed by atoms with van der Waals surface area (Å²) in [6, 6.07) is 5.24. The van der Waals surface area contributed by atoms with E-state index in [0.717, 1.165) is 25.1 Å². The molecule has 0 bridgehead atoms. The number of aromatic nitrogens is 1.